The lowest BCUT2D eigenvalue weighted by molar-refractivity contribution is -0.193. The fraction of sp³-hybridized carbons (Fsp3) is 0.250. The van der Waals surface area contributed by atoms with E-state index in [1.807, 2.05) is 6.92 Å². The third kappa shape index (κ3) is 5.41. The Hall–Kier alpha value is -4.68. The number of benzene rings is 1. The van der Waals surface area contributed by atoms with Crippen LogP contribution in [0.25, 0.3) is 22.2 Å². The Labute approximate surface area is 271 Å². The highest BCUT2D eigenvalue weighted by Crippen LogP contribution is 2.45. The van der Waals surface area contributed by atoms with Gasteiger partial charge in [0.2, 0.25) is 0 Å². The van der Waals surface area contributed by atoms with Crippen molar-refractivity contribution < 1.29 is 23.1 Å². The maximum absolute atomic E-state index is 15.0. The van der Waals surface area contributed by atoms with Crippen LogP contribution in [0.4, 0.5) is 14.5 Å². The number of primary amides is 1. The van der Waals surface area contributed by atoms with Crippen LogP contribution in [0.15, 0.2) is 61.1 Å². The number of alkyl halides is 2. The molecule has 10 nitrogen and oxygen atoms in total. The molecule has 14 heteroatoms. The molecule has 0 saturated heterocycles. The third-order valence-corrected chi connectivity index (χ3v) is 8.62. The first-order valence-corrected chi connectivity index (χ1v) is 15.2. The number of carbonyl (C=O) groups excluding carboxylic acids is 2. The number of rotatable bonds is 8. The van der Waals surface area contributed by atoms with Crippen molar-refractivity contribution in [3.63, 3.8) is 0 Å². The zero-order valence-corrected chi connectivity index (χ0v) is 25.8. The summed E-state index contributed by atoms with van der Waals surface area (Å²) in [5.74, 6) is -2.17. The van der Waals surface area contributed by atoms with Gasteiger partial charge >= 0.3 is 12.0 Å². The number of carbonyl (C=O) groups is 2. The second-order valence-corrected chi connectivity index (χ2v) is 12.3. The SMILES string of the molecule is CC(c1ccc(Cl)cn1)n1ncc2c(-c3ccc4c(c3)OC(F)(F)C(=O)N4Cc3ccc(Cl)cn3)c(C(N)=O)c(CC3CC3)nc21. The van der Waals surface area contributed by atoms with Crippen LogP contribution in [0.3, 0.4) is 0 Å². The van der Waals surface area contributed by atoms with Gasteiger partial charge in [0.1, 0.15) is 0 Å². The summed E-state index contributed by atoms with van der Waals surface area (Å²) in [5, 5.41) is 5.95. The van der Waals surface area contributed by atoms with E-state index in [-0.39, 0.29) is 29.6 Å². The largest absolute Gasteiger partial charge is 0.482 e. The van der Waals surface area contributed by atoms with Crippen molar-refractivity contribution in [3.8, 4) is 16.9 Å². The van der Waals surface area contributed by atoms with E-state index in [2.05, 4.69) is 15.1 Å². The first-order valence-electron chi connectivity index (χ1n) is 14.4. The molecule has 234 valence electrons. The van der Waals surface area contributed by atoms with Crippen LogP contribution in [-0.2, 0) is 17.8 Å². The second-order valence-electron chi connectivity index (χ2n) is 11.4. The van der Waals surface area contributed by atoms with Gasteiger partial charge in [-0.1, -0.05) is 29.3 Å². The van der Waals surface area contributed by atoms with E-state index in [1.54, 1.807) is 47.4 Å². The van der Waals surface area contributed by atoms with Gasteiger partial charge in [-0.2, -0.15) is 13.9 Å². The molecule has 0 radical (unpaired) electrons. The number of aromatic nitrogens is 5. The van der Waals surface area contributed by atoms with Gasteiger partial charge in [-0.05, 0) is 74.1 Å². The number of hydrogen-bond donors (Lipinski definition) is 1. The Morgan fingerprint density at radius 1 is 1.09 bits per heavy atom. The fourth-order valence-corrected chi connectivity index (χ4v) is 5.92. The number of hydrogen-bond acceptors (Lipinski definition) is 7. The quantitative estimate of drug-likeness (QED) is 0.204. The minimum atomic E-state index is -4.15. The van der Waals surface area contributed by atoms with Gasteiger partial charge in [-0.25, -0.2) is 9.67 Å². The molecule has 2 amide bonds. The van der Waals surface area contributed by atoms with Gasteiger partial charge in [-0.15, -0.1) is 0 Å². The minimum absolute atomic E-state index is 0.110. The number of halogens is 4. The van der Waals surface area contributed by atoms with Crippen LogP contribution in [0.1, 0.15) is 53.2 Å². The van der Waals surface area contributed by atoms with Crippen LogP contribution in [0.2, 0.25) is 10.0 Å². The summed E-state index contributed by atoms with van der Waals surface area (Å²) in [6.45, 7) is 1.66. The normalized spacial score (nSPS) is 16.3. The standard InChI is InChI=1S/C32H25Cl2F2N7O3/c1-16(23-8-6-20(34)13-39-23)43-30-22(14-40-43)27(28(29(37)44)24(41-30)10-17-2-3-17)18-4-9-25-26(11-18)46-32(35,36)31(45)42(25)15-21-7-5-19(33)12-38-21/h4-9,11-14,16-17H,2-3,10,15H2,1H3,(H2,37,44). The maximum atomic E-state index is 15.0. The number of pyridine rings is 3. The molecule has 0 bridgehead atoms. The second kappa shape index (κ2) is 11.3. The summed E-state index contributed by atoms with van der Waals surface area (Å²) in [4.78, 5) is 40.3. The summed E-state index contributed by atoms with van der Waals surface area (Å²) in [6.07, 6.45) is 2.82. The number of nitrogens with two attached hydrogens (primary N) is 1. The molecular weight excluding hydrogens is 639 g/mol. The van der Waals surface area contributed by atoms with E-state index in [0.717, 1.165) is 17.7 Å². The lowest BCUT2D eigenvalue weighted by atomic mass is 9.93. The zero-order valence-electron chi connectivity index (χ0n) is 24.3. The first kappa shape index (κ1) is 30.0. The van der Waals surface area contributed by atoms with E-state index in [9.17, 15) is 9.59 Å². The van der Waals surface area contributed by atoms with Gasteiger partial charge in [0.05, 0.1) is 57.2 Å². The molecular formula is C32H25Cl2F2N7O3. The summed E-state index contributed by atoms with van der Waals surface area (Å²) in [7, 11) is 0. The molecule has 1 aliphatic carbocycles. The van der Waals surface area contributed by atoms with E-state index in [4.69, 9.17) is 38.7 Å². The van der Waals surface area contributed by atoms with Crippen molar-refractivity contribution in [2.75, 3.05) is 4.90 Å². The molecule has 46 heavy (non-hydrogen) atoms. The van der Waals surface area contributed by atoms with E-state index in [1.165, 1.54) is 18.3 Å². The number of nitrogens with zero attached hydrogens (tertiary/aromatic N) is 6. The molecule has 2 N–H and O–H groups in total. The highest BCUT2D eigenvalue weighted by molar-refractivity contribution is 6.30. The van der Waals surface area contributed by atoms with Crippen molar-refractivity contribution in [3.05, 3.63) is 93.7 Å². The number of amides is 2. The van der Waals surface area contributed by atoms with Crippen LogP contribution < -0.4 is 15.4 Å². The number of anilines is 1. The Morgan fingerprint density at radius 3 is 2.48 bits per heavy atom. The van der Waals surface area contributed by atoms with Gasteiger partial charge in [0.15, 0.2) is 11.4 Å². The molecule has 1 atom stereocenters. The average molecular weight is 664 g/mol. The Bertz CT molecular complexity index is 2020. The van der Waals surface area contributed by atoms with Gasteiger partial charge in [0.25, 0.3) is 5.91 Å². The van der Waals surface area contributed by atoms with Crippen LogP contribution in [-0.4, -0.2) is 42.7 Å². The van der Waals surface area contributed by atoms with Crippen LogP contribution >= 0.6 is 23.2 Å². The van der Waals surface area contributed by atoms with Crippen LogP contribution in [0, 0.1) is 5.92 Å². The van der Waals surface area contributed by atoms with E-state index >= 15 is 8.78 Å². The monoisotopic (exact) mass is 663 g/mol. The smallest absolute Gasteiger partial charge is 0.423 e. The Kier molecular flexibility index (Phi) is 7.36. The zero-order chi connectivity index (χ0) is 32.3. The molecule has 1 saturated carbocycles. The molecule has 2 aliphatic rings. The average Bonchev–Trinajstić information content (AvgIpc) is 3.74. The predicted octanol–water partition coefficient (Wildman–Crippen LogP) is 6.37. The highest BCUT2D eigenvalue weighted by atomic mass is 35.5. The molecule has 5 heterocycles. The minimum Gasteiger partial charge on any atom is -0.423 e. The molecule has 1 aliphatic heterocycles. The molecule has 5 aromatic rings. The van der Waals surface area contributed by atoms with E-state index in [0.29, 0.717) is 61.6 Å². The van der Waals surface area contributed by atoms with E-state index < -0.39 is 17.9 Å². The molecule has 1 fully saturated rings. The lowest BCUT2D eigenvalue weighted by Crippen LogP contribution is -2.50. The molecule has 0 spiro atoms. The third-order valence-electron chi connectivity index (χ3n) is 8.17. The molecule has 4 aromatic heterocycles. The van der Waals surface area contributed by atoms with Crippen molar-refractivity contribution in [2.45, 2.75) is 44.9 Å². The fourth-order valence-electron chi connectivity index (χ4n) is 5.70. The summed E-state index contributed by atoms with van der Waals surface area (Å²) < 4.78 is 36.7. The maximum Gasteiger partial charge on any atom is 0.482 e. The van der Waals surface area contributed by atoms with Crippen LogP contribution in [0.5, 0.6) is 5.75 Å². The van der Waals surface area contributed by atoms with Gasteiger partial charge in [-0.3, -0.25) is 24.5 Å². The number of fused-ring (bicyclic) bond motifs is 2. The summed E-state index contributed by atoms with van der Waals surface area (Å²) in [5.41, 5.74) is 9.00. The topological polar surface area (TPSA) is 129 Å². The summed E-state index contributed by atoms with van der Waals surface area (Å²) in [6, 6.07) is 10.8. The first-order chi connectivity index (χ1) is 22.0. The Morgan fingerprint density at radius 2 is 1.83 bits per heavy atom. The molecule has 1 aromatic carbocycles. The lowest BCUT2D eigenvalue weighted by Gasteiger charge is -2.33. The summed E-state index contributed by atoms with van der Waals surface area (Å²) >= 11 is 12.0. The Balaban J connectivity index is 1.39. The molecule has 1 unspecified atom stereocenters. The molecule has 7 rings (SSSR count). The van der Waals surface area contributed by atoms with Crippen molar-refractivity contribution in [2.24, 2.45) is 11.7 Å². The highest BCUT2D eigenvalue weighted by Gasteiger charge is 2.50. The van der Waals surface area contributed by atoms with Crippen molar-refractivity contribution in [1.29, 1.82) is 0 Å². The van der Waals surface area contributed by atoms with Gasteiger partial charge < -0.3 is 10.5 Å². The van der Waals surface area contributed by atoms with Gasteiger partial charge in [0, 0.05) is 23.3 Å². The predicted molar refractivity (Wildman–Crippen MR) is 167 cm³/mol. The number of ether oxygens (including phenoxy) is 1. The van der Waals surface area contributed by atoms with Crippen molar-refractivity contribution in [1.82, 2.24) is 24.7 Å². The van der Waals surface area contributed by atoms with Crippen molar-refractivity contribution >= 4 is 51.7 Å².